The van der Waals surface area contributed by atoms with Crippen LogP contribution in [0.25, 0.3) is 6.08 Å². The molecular formula is C23H25NO5. The van der Waals surface area contributed by atoms with Crippen LogP contribution in [-0.4, -0.2) is 31.2 Å². The van der Waals surface area contributed by atoms with E-state index in [1.54, 1.807) is 18.2 Å². The van der Waals surface area contributed by atoms with Crippen molar-refractivity contribution >= 4 is 23.6 Å². The molecule has 152 valence electrons. The highest BCUT2D eigenvalue weighted by Crippen LogP contribution is 2.31. The van der Waals surface area contributed by atoms with E-state index in [1.807, 2.05) is 30.3 Å². The molecule has 29 heavy (non-hydrogen) atoms. The third-order valence-electron chi connectivity index (χ3n) is 4.49. The summed E-state index contributed by atoms with van der Waals surface area (Å²) >= 11 is 0. The molecule has 1 aliphatic heterocycles. The Morgan fingerprint density at radius 2 is 1.69 bits per heavy atom. The van der Waals surface area contributed by atoms with Crippen molar-refractivity contribution in [3.05, 3.63) is 59.7 Å². The Bertz CT molecular complexity index is 902. The van der Waals surface area contributed by atoms with E-state index < -0.39 is 12.1 Å². The number of nitrogens with one attached hydrogen (secondary N) is 1. The molecule has 1 atom stereocenters. The molecule has 1 N–H and O–H groups in total. The average Bonchev–Trinajstić information content (AvgIpc) is 2.72. The summed E-state index contributed by atoms with van der Waals surface area (Å²) in [6.07, 6.45) is 1.97. The quantitative estimate of drug-likeness (QED) is 0.587. The van der Waals surface area contributed by atoms with E-state index in [0.29, 0.717) is 36.3 Å². The zero-order valence-electron chi connectivity index (χ0n) is 16.8. The molecule has 0 spiro atoms. The van der Waals surface area contributed by atoms with Crippen LogP contribution in [0.2, 0.25) is 0 Å². The Kier molecular flexibility index (Phi) is 6.54. The first-order valence-corrected chi connectivity index (χ1v) is 9.61. The van der Waals surface area contributed by atoms with E-state index in [2.05, 4.69) is 19.2 Å². The van der Waals surface area contributed by atoms with Crippen molar-refractivity contribution < 1.29 is 23.8 Å². The molecule has 6 heteroatoms. The van der Waals surface area contributed by atoms with Gasteiger partial charge in [-0.25, -0.2) is 4.79 Å². The molecule has 0 saturated carbocycles. The molecule has 0 aliphatic carbocycles. The maximum absolute atomic E-state index is 12.3. The molecule has 1 amide bonds. The minimum atomic E-state index is -0.919. The van der Waals surface area contributed by atoms with Crippen molar-refractivity contribution in [1.29, 1.82) is 0 Å². The molecule has 0 unspecified atom stereocenters. The Morgan fingerprint density at radius 1 is 1.00 bits per heavy atom. The summed E-state index contributed by atoms with van der Waals surface area (Å²) in [5.41, 5.74) is 2.62. The number of carbonyl (C=O) groups is 2. The lowest BCUT2D eigenvalue weighted by Gasteiger charge is -2.18. The standard InChI is InChI=1S/C23H25NO5/c1-15(2)18-6-8-19(9-7-18)24-23(26)16(3)29-22(25)11-5-17-4-10-20-21(14-17)28-13-12-27-20/h4-11,14-16H,12-13H2,1-3H3,(H,24,26)/b11-5+/t16-/m0/s1. The third-order valence-corrected chi connectivity index (χ3v) is 4.49. The second kappa shape index (κ2) is 9.28. The lowest BCUT2D eigenvalue weighted by molar-refractivity contribution is -0.148. The molecule has 0 bridgehead atoms. The van der Waals surface area contributed by atoms with Gasteiger partial charge in [0.15, 0.2) is 17.6 Å². The van der Waals surface area contributed by atoms with E-state index in [-0.39, 0.29) is 5.91 Å². The van der Waals surface area contributed by atoms with Crippen LogP contribution in [0.3, 0.4) is 0 Å². The summed E-state index contributed by atoms with van der Waals surface area (Å²) in [5.74, 6) is 0.757. The number of hydrogen-bond acceptors (Lipinski definition) is 5. The van der Waals surface area contributed by atoms with Gasteiger partial charge in [0.1, 0.15) is 13.2 Å². The van der Waals surface area contributed by atoms with Gasteiger partial charge in [0.05, 0.1) is 0 Å². The van der Waals surface area contributed by atoms with Gasteiger partial charge < -0.3 is 19.5 Å². The molecule has 1 heterocycles. The lowest BCUT2D eigenvalue weighted by atomic mass is 10.0. The van der Waals surface area contributed by atoms with E-state index in [9.17, 15) is 9.59 Å². The fourth-order valence-corrected chi connectivity index (χ4v) is 2.79. The highest BCUT2D eigenvalue weighted by molar-refractivity contribution is 5.96. The number of anilines is 1. The monoisotopic (exact) mass is 395 g/mol. The second-order valence-corrected chi connectivity index (χ2v) is 7.08. The Hall–Kier alpha value is -3.28. The molecule has 2 aromatic carbocycles. The first kappa shape index (κ1) is 20.5. The normalized spacial score (nSPS) is 13.9. The molecule has 3 rings (SSSR count). The van der Waals surface area contributed by atoms with Crippen molar-refractivity contribution in [3.8, 4) is 11.5 Å². The van der Waals surface area contributed by atoms with Gasteiger partial charge in [0.2, 0.25) is 0 Å². The number of ether oxygens (including phenoxy) is 3. The van der Waals surface area contributed by atoms with E-state index in [0.717, 1.165) is 5.56 Å². The highest BCUT2D eigenvalue weighted by Gasteiger charge is 2.17. The molecule has 6 nitrogen and oxygen atoms in total. The molecule has 2 aromatic rings. The maximum atomic E-state index is 12.3. The fourth-order valence-electron chi connectivity index (χ4n) is 2.79. The first-order valence-electron chi connectivity index (χ1n) is 9.61. The minimum Gasteiger partial charge on any atom is -0.486 e. The zero-order chi connectivity index (χ0) is 20.8. The van der Waals surface area contributed by atoms with Gasteiger partial charge in [0, 0.05) is 11.8 Å². The van der Waals surface area contributed by atoms with Crippen LogP contribution in [0.1, 0.15) is 37.8 Å². The Morgan fingerprint density at radius 3 is 2.38 bits per heavy atom. The molecule has 0 radical (unpaired) electrons. The summed E-state index contributed by atoms with van der Waals surface area (Å²) in [6, 6.07) is 13.0. The summed E-state index contributed by atoms with van der Waals surface area (Å²) in [6.45, 7) is 6.76. The molecule has 1 aliphatic rings. The van der Waals surface area contributed by atoms with E-state index in [1.165, 1.54) is 18.6 Å². The first-order chi connectivity index (χ1) is 13.9. The summed E-state index contributed by atoms with van der Waals surface area (Å²) in [7, 11) is 0. The smallest absolute Gasteiger partial charge is 0.331 e. The number of fused-ring (bicyclic) bond motifs is 1. The van der Waals surface area contributed by atoms with Crippen LogP contribution in [0, 0.1) is 0 Å². The summed E-state index contributed by atoms with van der Waals surface area (Å²) in [4.78, 5) is 24.3. The predicted molar refractivity (Wildman–Crippen MR) is 111 cm³/mol. The van der Waals surface area contributed by atoms with Crippen molar-refractivity contribution in [2.75, 3.05) is 18.5 Å². The van der Waals surface area contributed by atoms with E-state index >= 15 is 0 Å². The number of amides is 1. The van der Waals surface area contributed by atoms with Gasteiger partial charge in [0.25, 0.3) is 5.91 Å². The number of carbonyl (C=O) groups excluding carboxylic acids is 2. The Balaban J connectivity index is 1.52. The van der Waals surface area contributed by atoms with Crippen LogP contribution >= 0.6 is 0 Å². The lowest BCUT2D eigenvalue weighted by Crippen LogP contribution is -2.29. The van der Waals surface area contributed by atoms with Gasteiger partial charge in [-0.3, -0.25) is 4.79 Å². The van der Waals surface area contributed by atoms with Crippen LogP contribution < -0.4 is 14.8 Å². The summed E-state index contributed by atoms with van der Waals surface area (Å²) in [5, 5.41) is 2.75. The molecule has 0 fully saturated rings. The number of hydrogen-bond donors (Lipinski definition) is 1. The minimum absolute atomic E-state index is 0.386. The van der Waals surface area contributed by atoms with Gasteiger partial charge >= 0.3 is 5.97 Å². The molecular weight excluding hydrogens is 370 g/mol. The van der Waals surface area contributed by atoms with Crippen LogP contribution in [-0.2, 0) is 14.3 Å². The van der Waals surface area contributed by atoms with Gasteiger partial charge in [-0.15, -0.1) is 0 Å². The zero-order valence-corrected chi connectivity index (χ0v) is 16.8. The third kappa shape index (κ3) is 5.60. The van der Waals surface area contributed by atoms with E-state index in [4.69, 9.17) is 14.2 Å². The highest BCUT2D eigenvalue weighted by atomic mass is 16.6. The van der Waals surface area contributed by atoms with Crippen LogP contribution in [0.5, 0.6) is 11.5 Å². The van der Waals surface area contributed by atoms with Crippen molar-refractivity contribution in [2.24, 2.45) is 0 Å². The molecule has 0 aromatic heterocycles. The molecule has 0 saturated heterocycles. The number of benzene rings is 2. The SMILES string of the molecule is CC(C)c1ccc(NC(=O)[C@H](C)OC(=O)/C=C/c2ccc3c(c2)OCCO3)cc1. The Labute approximate surface area is 170 Å². The average molecular weight is 395 g/mol. The van der Waals surface area contributed by atoms with Crippen LogP contribution in [0.4, 0.5) is 5.69 Å². The van der Waals surface area contributed by atoms with Crippen molar-refractivity contribution in [2.45, 2.75) is 32.8 Å². The second-order valence-electron chi connectivity index (χ2n) is 7.08. The van der Waals surface area contributed by atoms with Gasteiger partial charge in [-0.05, 0) is 54.3 Å². The van der Waals surface area contributed by atoms with Gasteiger partial charge in [-0.1, -0.05) is 32.0 Å². The topological polar surface area (TPSA) is 73.9 Å². The largest absolute Gasteiger partial charge is 0.486 e. The number of rotatable bonds is 6. The maximum Gasteiger partial charge on any atom is 0.331 e. The summed E-state index contributed by atoms with van der Waals surface area (Å²) < 4.78 is 16.2. The fraction of sp³-hybridized carbons (Fsp3) is 0.304. The van der Waals surface area contributed by atoms with Crippen molar-refractivity contribution in [3.63, 3.8) is 0 Å². The van der Waals surface area contributed by atoms with Gasteiger partial charge in [-0.2, -0.15) is 0 Å². The predicted octanol–water partition coefficient (Wildman–Crippen LogP) is 4.16. The van der Waals surface area contributed by atoms with Crippen molar-refractivity contribution in [1.82, 2.24) is 0 Å². The van der Waals surface area contributed by atoms with Crippen LogP contribution in [0.15, 0.2) is 48.5 Å². The number of esters is 1.